The van der Waals surface area contributed by atoms with Gasteiger partial charge in [0, 0.05) is 18.8 Å². The second-order valence-corrected chi connectivity index (χ2v) is 5.02. The Kier molecular flexibility index (Phi) is 4.92. The highest BCUT2D eigenvalue weighted by molar-refractivity contribution is 6.02. The molecule has 2 aromatic rings. The number of urea groups is 1. The Balaban J connectivity index is 1.58. The number of benzene rings is 1. The van der Waals surface area contributed by atoms with Crippen LogP contribution < -0.4 is 10.6 Å². The lowest BCUT2D eigenvalue weighted by Gasteiger charge is -2.26. The number of rotatable bonds is 3. The van der Waals surface area contributed by atoms with E-state index in [9.17, 15) is 9.59 Å². The van der Waals surface area contributed by atoms with Gasteiger partial charge in [0.1, 0.15) is 0 Å². The van der Waals surface area contributed by atoms with E-state index >= 15 is 0 Å². The van der Waals surface area contributed by atoms with Crippen molar-refractivity contribution in [3.63, 3.8) is 0 Å². The van der Waals surface area contributed by atoms with Crippen molar-refractivity contribution in [3.8, 4) is 0 Å². The number of carbonyl (C=O) groups excluding carboxylic acids is 2. The molecule has 0 saturated carbocycles. The monoisotopic (exact) mass is 328 g/mol. The van der Waals surface area contributed by atoms with Gasteiger partial charge in [0.15, 0.2) is 5.69 Å². The minimum Gasteiger partial charge on any atom is -0.378 e. The van der Waals surface area contributed by atoms with Crippen molar-refractivity contribution in [1.29, 1.82) is 0 Å². The zero-order valence-corrected chi connectivity index (χ0v) is 12.8. The first-order valence-electron chi connectivity index (χ1n) is 7.42. The molecule has 0 radical (unpaired) electrons. The third-order valence-corrected chi connectivity index (χ3v) is 3.34. The van der Waals surface area contributed by atoms with E-state index in [0.29, 0.717) is 26.3 Å². The first-order valence-corrected chi connectivity index (χ1v) is 7.42. The van der Waals surface area contributed by atoms with Gasteiger partial charge >= 0.3 is 6.03 Å². The molecule has 24 heavy (non-hydrogen) atoms. The van der Waals surface area contributed by atoms with Crippen molar-refractivity contribution in [2.45, 2.75) is 0 Å². The van der Waals surface area contributed by atoms with E-state index in [1.165, 1.54) is 11.1 Å². The number of hydrogen-bond donors (Lipinski definition) is 2. The van der Waals surface area contributed by atoms with Gasteiger partial charge in [-0.25, -0.2) is 9.78 Å². The lowest BCUT2D eigenvalue weighted by Crippen LogP contribution is -2.48. The second-order valence-electron chi connectivity index (χ2n) is 5.02. The fourth-order valence-corrected chi connectivity index (χ4v) is 2.09. The quantitative estimate of drug-likeness (QED) is 0.857. The van der Waals surface area contributed by atoms with Crippen molar-refractivity contribution < 1.29 is 14.3 Å². The smallest absolute Gasteiger partial charge is 0.324 e. The van der Waals surface area contributed by atoms with Crippen molar-refractivity contribution in [2.75, 3.05) is 31.6 Å². The fraction of sp³-hybridized carbons (Fsp3) is 0.267. The average Bonchev–Trinajstić information content (AvgIpc) is 2.64. The van der Waals surface area contributed by atoms with Crippen LogP contribution in [0, 0.1) is 0 Å². The molecule has 124 valence electrons. The Hall–Kier alpha value is -3.07. The van der Waals surface area contributed by atoms with Crippen LogP contribution in [0.1, 0.15) is 10.5 Å². The Morgan fingerprint density at radius 3 is 2.50 bits per heavy atom. The normalized spacial score (nSPS) is 14.1. The minimum absolute atomic E-state index is 0.0322. The van der Waals surface area contributed by atoms with E-state index in [-0.39, 0.29) is 11.6 Å². The van der Waals surface area contributed by atoms with E-state index in [1.807, 2.05) is 30.3 Å². The number of para-hydroxylation sites is 1. The Morgan fingerprint density at radius 2 is 1.83 bits per heavy atom. The summed E-state index contributed by atoms with van der Waals surface area (Å²) in [6, 6.07) is 8.86. The second kappa shape index (κ2) is 7.47. The molecule has 1 aliphatic heterocycles. The number of imide groups is 1. The molecule has 9 heteroatoms. The van der Waals surface area contributed by atoms with Gasteiger partial charge in [-0.05, 0) is 12.1 Å². The maximum Gasteiger partial charge on any atom is 0.324 e. The number of nitrogens with zero attached hydrogens (tertiary/aromatic N) is 4. The molecule has 2 N–H and O–H groups in total. The van der Waals surface area contributed by atoms with Gasteiger partial charge in [-0.1, -0.05) is 18.2 Å². The number of carbonyl (C=O) groups is 2. The van der Waals surface area contributed by atoms with Gasteiger partial charge in [-0.3, -0.25) is 10.1 Å². The summed E-state index contributed by atoms with van der Waals surface area (Å²) in [5.41, 5.74) is 0.772. The molecule has 3 rings (SSSR count). The maximum absolute atomic E-state index is 12.0. The third-order valence-electron chi connectivity index (χ3n) is 3.34. The third kappa shape index (κ3) is 4.02. The summed E-state index contributed by atoms with van der Waals surface area (Å²) in [4.78, 5) is 29.5. The number of hydrogen-bond acceptors (Lipinski definition) is 7. The van der Waals surface area contributed by atoms with Crippen LogP contribution in [-0.2, 0) is 4.74 Å². The SMILES string of the molecule is O=C(NC(=O)N1CCOCC1)c1cnc(Nc2ccccc2)nn1. The summed E-state index contributed by atoms with van der Waals surface area (Å²) in [5, 5.41) is 12.8. The number of morpholine rings is 1. The first kappa shape index (κ1) is 15.8. The van der Waals surface area contributed by atoms with Crippen molar-refractivity contribution in [3.05, 3.63) is 42.2 Å². The highest BCUT2D eigenvalue weighted by Gasteiger charge is 2.20. The van der Waals surface area contributed by atoms with Crippen molar-refractivity contribution >= 4 is 23.6 Å². The summed E-state index contributed by atoms with van der Waals surface area (Å²) in [6.07, 6.45) is 1.26. The predicted molar refractivity (Wildman–Crippen MR) is 84.8 cm³/mol. The summed E-state index contributed by atoms with van der Waals surface area (Å²) in [5.74, 6) is -0.380. The molecule has 0 unspecified atom stereocenters. The van der Waals surface area contributed by atoms with Crippen LogP contribution in [-0.4, -0.2) is 58.3 Å². The van der Waals surface area contributed by atoms with Gasteiger partial charge < -0.3 is 15.0 Å². The molecular formula is C15H16N6O3. The van der Waals surface area contributed by atoms with E-state index in [1.54, 1.807) is 0 Å². The Bertz CT molecular complexity index is 701. The van der Waals surface area contributed by atoms with Crippen LogP contribution in [0.3, 0.4) is 0 Å². The molecule has 1 fully saturated rings. The van der Waals surface area contributed by atoms with Crippen LogP contribution in [0.25, 0.3) is 0 Å². The highest BCUT2D eigenvalue weighted by atomic mass is 16.5. The number of nitrogens with one attached hydrogen (secondary N) is 2. The van der Waals surface area contributed by atoms with Gasteiger partial charge in [0.2, 0.25) is 5.95 Å². The predicted octanol–water partition coefficient (Wildman–Crippen LogP) is 0.797. The Labute approximate surface area is 138 Å². The molecule has 1 aliphatic rings. The van der Waals surface area contributed by atoms with E-state index in [0.717, 1.165) is 5.69 Å². The molecule has 9 nitrogen and oxygen atoms in total. The number of anilines is 2. The zero-order valence-electron chi connectivity index (χ0n) is 12.8. The maximum atomic E-state index is 12.0. The molecule has 0 spiro atoms. The topological polar surface area (TPSA) is 109 Å². The van der Waals surface area contributed by atoms with Crippen LogP contribution >= 0.6 is 0 Å². The van der Waals surface area contributed by atoms with Gasteiger partial charge in [0.05, 0.1) is 19.4 Å². The summed E-state index contributed by atoms with van der Waals surface area (Å²) in [6.45, 7) is 1.82. The largest absolute Gasteiger partial charge is 0.378 e. The van der Waals surface area contributed by atoms with E-state index in [2.05, 4.69) is 25.8 Å². The summed E-state index contributed by atoms with van der Waals surface area (Å²) < 4.78 is 5.16. The summed E-state index contributed by atoms with van der Waals surface area (Å²) in [7, 11) is 0. The molecular weight excluding hydrogens is 312 g/mol. The lowest BCUT2D eigenvalue weighted by atomic mass is 10.3. The molecule has 1 aromatic heterocycles. The molecule has 0 aliphatic carbocycles. The van der Waals surface area contributed by atoms with E-state index < -0.39 is 11.9 Å². The molecule has 2 heterocycles. The van der Waals surface area contributed by atoms with Crippen LogP contribution in [0.2, 0.25) is 0 Å². The zero-order chi connectivity index (χ0) is 16.8. The number of amides is 3. The number of aromatic nitrogens is 3. The molecule has 1 aromatic carbocycles. The van der Waals surface area contributed by atoms with Crippen LogP contribution in [0.4, 0.5) is 16.4 Å². The van der Waals surface area contributed by atoms with Crippen LogP contribution in [0.15, 0.2) is 36.5 Å². The van der Waals surface area contributed by atoms with Crippen molar-refractivity contribution in [2.24, 2.45) is 0 Å². The van der Waals surface area contributed by atoms with Crippen molar-refractivity contribution in [1.82, 2.24) is 25.4 Å². The average molecular weight is 328 g/mol. The molecule has 1 saturated heterocycles. The minimum atomic E-state index is -0.641. The first-order chi connectivity index (χ1) is 11.7. The molecule has 3 amide bonds. The molecule has 0 bridgehead atoms. The van der Waals surface area contributed by atoms with Gasteiger partial charge in [-0.15, -0.1) is 10.2 Å². The Morgan fingerprint density at radius 1 is 1.08 bits per heavy atom. The fourth-order valence-electron chi connectivity index (χ4n) is 2.09. The summed E-state index contributed by atoms with van der Waals surface area (Å²) >= 11 is 0. The van der Waals surface area contributed by atoms with Gasteiger partial charge in [0.25, 0.3) is 5.91 Å². The van der Waals surface area contributed by atoms with Gasteiger partial charge in [-0.2, -0.15) is 0 Å². The van der Waals surface area contributed by atoms with E-state index in [4.69, 9.17) is 4.74 Å². The standard InChI is InChI=1S/C15H16N6O3/c22-13(18-15(23)21-6-8-24-9-7-21)12-10-16-14(20-19-12)17-11-4-2-1-3-5-11/h1-5,10H,6-9H2,(H,16,17,20)(H,18,22,23). The van der Waals surface area contributed by atoms with Crippen LogP contribution in [0.5, 0.6) is 0 Å². The highest BCUT2D eigenvalue weighted by Crippen LogP contribution is 2.10. The number of ether oxygens (including phenoxy) is 1. The molecule has 0 atom stereocenters. The lowest BCUT2D eigenvalue weighted by molar-refractivity contribution is 0.0523.